The second-order valence-corrected chi connectivity index (χ2v) is 5.29. The third-order valence-corrected chi connectivity index (χ3v) is 3.84. The number of benzene rings is 1. The zero-order valence-corrected chi connectivity index (χ0v) is 10.8. The average molecular weight is 256 g/mol. The van der Waals surface area contributed by atoms with Crippen molar-refractivity contribution in [3.8, 4) is 0 Å². The van der Waals surface area contributed by atoms with E-state index in [1.165, 1.54) is 17.5 Å². The molecule has 98 valence electrons. The molecule has 0 fully saturated rings. The zero-order chi connectivity index (χ0) is 13.3. The topological polar surface area (TPSA) is 70.7 Å². The lowest BCUT2D eigenvalue weighted by Gasteiger charge is -2.33. The van der Waals surface area contributed by atoms with Crippen LogP contribution in [-0.2, 0) is 17.6 Å². The first-order valence-corrected chi connectivity index (χ1v) is 6.41. The smallest absolute Gasteiger partial charge is 0.233 e. The molecule has 19 heavy (non-hydrogen) atoms. The quantitative estimate of drug-likeness (QED) is 0.862. The molecule has 5 heteroatoms. The van der Waals surface area contributed by atoms with Crippen LogP contribution in [0.5, 0.6) is 0 Å². The fourth-order valence-electron chi connectivity index (χ4n) is 2.61. The predicted molar refractivity (Wildman–Crippen MR) is 71.6 cm³/mol. The van der Waals surface area contributed by atoms with Crippen molar-refractivity contribution < 1.29 is 4.79 Å². The molecule has 0 aliphatic heterocycles. The number of aromatic amines is 1. The summed E-state index contributed by atoms with van der Waals surface area (Å²) in [7, 11) is 0. The number of carbonyl (C=O) groups is 1. The van der Waals surface area contributed by atoms with E-state index in [2.05, 4.69) is 38.7 Å². The summed E-state index contributed by atoms with van der Waals surface area (Å²) in [6.07, 6.45) is 3.94. The van der Waals surface area contributed by atoms with Gasteiger partial charge in [-0.3, -0.25) is 10.1 Å². The molecule has 0 bridgehead atoms. The number of amides is 1. The molecular weight excluding hydrogens is 240 g/mol. The number of nitrogens with zero attached hydrogens (tertiary/aromatic N) is 2. The number of rotatable bonds is 2. The molecule has 0 saturated heterocycles. The van der Waals surface area contributed by atoms with Crippen LogP contribution in [0.2, 0.25) is 0 Å². The number of carbonyl (C=O) groups excluding carboxylic acids is 1. The van der Waals surface area contributed by atoms with E-state index >= 15 is 0 Å². The average Bonchev–Trinajstić information content (AvgIpc) is 2.91. The minimum absolute atomic E-state index is 0.00115. The molecule has 3 rings (SSSR count). The zero-order valence-electron chi connectivity index (χ0n) is 10.8. The van der Waals surface area contributed by atoms with Gasteiger partial charge in [-0.25, -0.2) is 5.10 Å². The molecule has 1 aliphatic carbocycles. The minimum atomic E-state index is -0.388. The van der Waals surface area contributed by atoms with Crippen LogP contribution in [0, 0.1) is 5.41 Å². The first-order valence-electron chi connectivity index (χ1n) is 6.41. The Balaban J connectivity index is 1.79. The van der Waals surface area contributed by atoms with Crippen LogP contribution in [0.4, 0.5) is 5.95 Å². The Kier molecular flexibility index (Phi) is 2.81. The number of aryl methyl sites for hydroxylation is 1. The number of anilines is 1. The van der Waals surface area contributed by atoms with Gasteiger partial charge in [0, 0.05) is 0 Å². The molecule has 1 heterocycles. The van der Waals surface area contributed by atoms with Gasteiger partial charge >= 0.3 is 0 Å². The number of hydrogen-bond donors (Lipinski definition) is 2. The summed E-state index contributed by atoms with van der Waals surface area (Å²) >= 11 is 0. The Labute approximate surface area is 111 Å². The molecule has 1 amide bonds. The molecule has 0 spiro atoms. The molecule has 1 aromatic heterocycles. The Morgan fingerprint density at radius 1 is 1.37 bits per heavy atom. The molecule has 1 aliphatic rings. The fourth-order valence-corrected chi connectivity index (χ4v) is 2.61. The fraction of sp³-hybridized carbons (Fsp3) is 0.357. The molecule has 2 N–H and O–H groups in total. The molecule has 1 unspecified atom stereocenters. The maximum Gasteiger partial charge on any atom is 0.233 e. The van der Waals surface area contributed by atoms with Gasteiger partial charge in [0.1, 0.15) is 6.33 Å². The second-order valence-electron chi connectivity index (χ2n) is 5.29. The van der Waals surface area contributed by atoms with Crippen LogP contribution in [-0.4, -0.2) is 21.1 Å². The van der Waals surface area contributed by atoms with Crippen LogP contribution < -0.4 is 5.32 Å². The maximum atomic E-state index is 12.4. The van der Waals surface area contributed by atoms with Crippen LogP contribution in [0.3, 0.4) is 0 Å². The molecular formula is C14H16N4O. The van der Waals surface area contributed by atoms with Crippen LogP contribution >= 0.6 is 0 Å². The summed E-state index contributed by atoms with van der Waals surface area (Å²) in [5.74, 6) is 0.406. The normalized spacial score (nSPS) is 21.7. The lowest BCUT2D eigenvalue weighted by atomic mass is 9.72. The van der Waals surface area contributed by atoms with Crippen molar-refractivity contribution in [1.82, 2.24) is 15.2 Å². The van der Waals surface area contributed by atoms with E-state index in [1.807, 2.05) is 13.0 Å². The number of H-pyrrole nitrogens is 1. The molecule has 2 aromatic rings. The first kappa shape index (κ1) is 11.9. The third kappa shape index (κ3) is 2.23. The number of nitrogens with one attached hydrogen (secondary N) is 2. The molecule has 0 saturated carbocycles. The van der Waals surface area contributed by atoms with Crippen molar-refractivity contribution in [3.63, 3.8) is 0 Å². The van der Waals surface area contributed by atoms with Gasteiger partial charge in [-0.05, 0) is 30.4 Å². The van der Waals surface area contributed by atoms with Gasteiger partial charge in [0.15, 0.2) is 0 Å². The summed E-state index contributed by atoms with van der Waals surface area (Å²) < 4.78 is 0. The molecule has 5 nitrogen and oxygen atoms in total. The van der Waals surface area contributed by atoms with E-state index in [4.69, 9.17) is 0 Å². The van der Waals surface area contributed by atoms with Crippen LogP contribution in [0.25, 0.3) is 0 Å². The number of fused-ring (bicyclic) bond motifs is 1. The van der Waals surface area contributed by atoms with Crippen LogP contribution in [0.15, 0.2) is 30.6 Å². The summed E-state index contributed by atoms with van der Waals surface area (Å²) in [5, 5.41) is 9.17. The van der Waals surface area contributed by atoms with Gasteiger partial charge < -0.3 is 0 Å². The minimum Gasteiger partial charge on any atom is -0.294 e. The van der Waals surface area contributed by atoms with Crippen molar-refractivity contribution >= 4 is 11.9 Å². The summed E-state index contributed by atoms with van der Waals surface area (Å²) in [4.78, 5) is 16.3. The second kappa shape index (κ2) is 4.50. The van der Waals surface area contributed by atoms with E-state index in [-0.39, 0.29) is 11.3 Å². The largest absolute Gasteiger partial charge is 0.294 e. The number of hydrogen-bond acceptors (Lipinski definition) is 3. The standard InChI is InChI=1S/C14H16N4O/c1-14(12(19)17-13-15-9-16-18-13)7-6-10-4-2-3-5-11(10)8-14/h2-5,9H,6-8H2,1H3,(H2,15,16,17,18,19). The lowest BCUT2D eigenvalue weighted by molar-refractivity contribution is -0.125. The number of aromatic nitrogens is 3. The highest BCUT2D eigenvalue weighted by Crippen LogP contribution is 2.35. The van der Waals surface area contributed by atoms with Gasteiger partial charge in [-0.1, -0.05) is 31.2 Å². The Morgan fingerprint density at radius 2 is 2.16 bits per heavy atom. The van der Waals surface area contributed by atoms with Crippen molar-refractivity contribution in [3.05, 3.63) is 41.7 Å². The van der Waals surface area contributed by atoms with Crippen LogP contribution in [0.1, 0.15) is 24.5 Å². The third-order valence-electron chi connectivity index (χ3n) is 3.84. The first-order chi connectivity index (χ1) is 9.17. The van der Waals surface area contributed by atoms with E-state index in [9.17, 15) is 4.79 Å². The van der Waals surface area contributed by atoms with Gasteiger partial charge in [0.05, 0.1) is 5.41 Å². The van der Waals surface area contributed by atoms with E-state index in [1.54, 1.807) is 0 Å². The summed E-state index contributed by atoms with van der Waals surface area (Å²) in [6.45, 7) is 2.01. The lowest BCUT2D eigenvalue weighted by Crippen LogP contribution is -2.38. The monoisotopic (exact) mass is 256 g/mol. The van der Waals surface area contributed by atoms with E-state index < -0.39 is 0 Å². The van der Waals surface area contributed by atoms with Crippen molar-refractivity contribution in [2.75, 3.05) is 5.32 Å². The van der Waals surface area contributed by atoms with Gasteiger partial charge in [-0.15, -0.1) is 0 Å². The summed E-state index contributed by atoms with van der Waals surface area (Å²) in [6, 6.07) is 8.33. The maximum absolute atomic E-state index is 12.4. The van der Waals surface area contributed by atoms with Crippen molar-refractivity contribution in [2.24, 2.45) is 5.41 Å². The van der Waals surface area contributed by atoms with Crippen molar-refractivity contribution in [2.45, 2.75) is 26.2 Å². The van der Waals surface area contributed by atoms with Gasteiger partial charge in [0.2, 0.25) is 11.9 Å². The molecule has 0 radical (unpaired) electrons. The summed E-state index contributed by atoms with van der Waals surface area (Å²) in [5.41, 5.74) is 2.23. The Hall–Kier alpha value is -2.17. The van der Waals surface area contributed by atoms with E-state index in [0.29, 0.717) is 5.95 Å². The van der Waals surface area contributed by atoms with Gasteiger partial charge in [0.25, 0.3) is 0 Å². The molecule has 1 aromatic carbocycles. The predicted octanol–water partition coefficient (Wildman–Crippen LogP) is 1.94. The highest BCUT2D eigenvalue weighted by Gasteiger charge is 2.37. The van der Waals surface area contributed by atoms with Crippen molar-refractivity contribution in [1.29, 1.82) is 0 Å². The highest BCUT2D eigenvalue weighted by molar-refractivity contribution is 5.94. The highest BCUT2D eigenvalue weighted by atomic mass is 16.2. The van der Waals surface area contributed by atoms with Gasteiger partial charge in [-0.2, -0.15) is 10.1 Å². The Bertz CT molecular complexity index is 593. The SMILES string of the molecule is CC1(C(=O)Nc2ncn[nH]2)CCc2ccccc2C1. The Morgan fingerprint density at radius 3 is 2.89 bits per heavy atom. The van der Waals surface area contributed by atoms with E-state index in [0.717, 1.165) is 19.3 Å². The molecule has 1 atom stereocenters.